The van der Waals surface area contributed by atoms with Crippen molar-refractivity contribution in [1.29, 1.82) is 0 Å². The van der Waals surface area contributed by atoms with Gasteiger partial charge in [0.1, 0.15) is 6.67 Å². The lowest BCUT2D eigenvalue weighted by atomic mass is 9.88. The van der Waals surface area contributed by atoms with E-state index in [0.29, 0.717) is 29.3 Å². The molecule has 2 unspecified atom stereocenters. The van der Waals surface area contributed by atoms with E-state index >= 15 is 0 Å². The SMILES string of the molecule is Cc1cc2c(cn1)C(C[C@H]1CN(C3CCOCC3)CC1NC(=O)CNc1n[nH]c3ccc(CF)cc13)CC2. The molecule has 6 rings (SSSR count). The highest BCUT2D eigenvalue weighted by Crippen LogP contribution is 2.40. The van der Waals surface area contributed by atoms with E-state index in [2.05, 4.69) is 49.9 Å². The summed E-state index contributed by atoms with van der Waals surface area (Å²) < 4.78 is 18.8. The molecule has 0 radical (unpaired) electrons. The molecule has 3 aliphatic rings. The number of benzene rings is 1. The summed E-state index contributed by atoms with van der Waals surface area (Å²) in [4.78, 5) is 20.3. The number of aromatic amines is 1. The zero-order valence-electron chi connectivity index (χ0n) is 22.0. The molecule has 2 aromatic heterocycles. The lowest BCUT2D eigenvalue weighted by Crippen LogP contribution is -2.44. The van der Waals surface area contributed by atoms with Gasteiger partial charge in [-0.05, 0) is 85.8 Å². The zero-order chi connectivity index (χ0) is 26.1. The van der Waals surface area contributed by atoms with E-state index in [0.717, 1.165) is 75.0 Å². The van der Waals surface area contributed by atoms with E-state index in [9.17, 15) is 9.18 Å². The van der Waals surface area contributed by atoms with Crippen molar-refractivity contribution in [3.8, 4) is 0 Å². The first kappa shape index (κ1) is 25.2. The smallest absolute Gasteiger partial charge is 0.239 e. The van der Waals surface area contributed by atoms with Crippen molar-refractivity contribution in [3.05, 3.63) is 52.8 Å². The highest BCUT2D eigenvalue weighted by molar-refractivity contribution is 5.92. The molecule has 9 heteroatoms. The number of rotatable bonds is 8. The highest BCUT2D eigenvalue weighted by atomic mass is 19.1. The van der Waals surface area contributed by atoms with E-state index in [1.807, 2.05) is 6.07 Å². The highest BCUT2D eigenvalue weighted by Gasteiger charge is 2.39. The molecule has 3 atom stereocenters. The van der Waals surface area contributed by atoms with E-state index in [1.165, 1.54) is 11.1 Å². The van der Waals surface area contributed by atoms with Crippen LogP contribution in [0.5, 0.6) is 0 Å². The first-order valence-corrected chi connectivity index (χ1v) is 13.9. The van der Waals surface area contributed by atoms with Crippen molar-refractivity contribution >= 4 is 22.6 Å². The molecule has 8 nitrogen and oxygen atoms in total. The Morgan fingerprint density at radius 2 is 2.08 bits per heavy atom. The third-order valence-corrected chi connectivity index (χ3v) is 8.67. The van der Waals surface area contributed by atoms with Gasteiger partial charge in [0.25, 0.3) is 0 Å². The van der Waals surface area contributed by atoms with E-state index < -0.39 is 6.67 Å². The summed E-state index contributed by atoms with van der Waals surface area (Å²) in [5.41, 5.74) is 5.32. The van der Waals surface area contributed by atoms with Crippen LogP contribution in [0.4, 0.5) is 10.2 Å². The molecular weight excluding hydrogens is 483 g/mol. The van der Waals surface area contributed by atoms with Gasteiger partial charge in [0.15, 0.2) is 5.82 Å². The number of pyridine rings is 1. The number of anilines is 1. The fourth-order valence-corrected chi connectivity index (χ4v) is 6.66. The van der Waals surface area contributed by atoms with E-state index in [1.54, 1.807) is 12.1 Å². The van der Waals surface area contributed by atoms with Gasteiger partial charge in [-0.25, -0.2) is 4.39 Å². The Labute approximate surface area is 222 Å². The fraction of sp³-hybridized carbons (Fsp3) is 0.552. The molecule has 0 bridgehead atoms. The number of halogens is 1. The predicted octanol–water partition coefficient (Wildman–Crippen LogP) is 3.86. The van der Waals surface area contributed by atoms with Crippen LogP contribution in [-0.4, -0.2) is 70.9 Å². The number of hydrogen-bond acceptors (Lipinski definition) is 6. The third-order valence-electron chi connectivity index (χ3n) is 8.67. The summed E-state index contributed by atoms with van der Waals surface area (Å²) in [6.45, 7) is 5.15. The number of likely N-dealkylation sites (tertiary alicyclic amines) is 1. The molecule has 0 spiro atoms. The normalized spacial score (nSPS) is 24.1. The first-order valence-electron chi connectivity index (χ1n) is 13.9. The number of hydrogen-bond donors (Lipinski definition) is 3. The number of alkyl halides is 1. The molecule has 3 N–H and O–H groups in total. The summed E-state index contributed by atoms with van der Waals surface area (Å²) in [6, 6.07) is 8.18. The Bertz CT molecular complexity index is 1290. The number of carbonyl (C=O) groups is 1. The van der Waals surface area contributed by atoms with Crippen LogP contribution in [0, 0.1) is 12.8 Å². The number of aromatic nitrogens is 3. The van der Waals surface area contributed by atoms with Crippen LogP contribution in [0.25, 0.3) is 10.9 Å². The molecular formula is C29H37FN6O2. The van der Waals surface area contributed by atoms with Crippen LogP contribution in [0.2, 0.25) is 0 Å². The lowest BCUT2D eigenvalue weighted by Gasteiger charge is -2.31. The van der Waals surface area contributed by atoms with Gasteiger partial charge >= 0.3 is 0 Å². The first-order chi connectivity index (χ1) is 18.6. The molecule has 2 aliphatic heterocycles. The number of aryl methyl sites for hydroxylation is 2. The topological polar surface area (TPSA) is 95.2 Å². The Kier molecular flexibility index (Phi) is 7.30. The summed E-state index contributed by atoms with van der Waals surface area (Å²) in [5.74, 6) is 1.41. The van der Waals surface area contributed by atoms with Crippen LogP contribution >= 0.6 is 0 Å². The zero-order valence-corrected chi connectivity index (χ0v) is 22.0. The Balaban J connectivity index is 1.13. The molecule has 202 valence electrons. The minimum absolute atomic E-state index is 0.0456. The summed E-state index contributed by atoms with van der Waals surface area (Å²) in [6.07, 6.45) is 7.51. The minimum Gasteiger partial charge on any atom is -0.381 e. The number of ether oxygens (including phenoxy) is 1. The van der Waals surface area contributed by atoms with Crippen LogP contribution in [0.15, 0.2) is 30.5 Å². The average Bonchev–Trinajstić information content (AvgIpc) is 3.65. The second kappa shape index (κ2) is 11.0. The maximum Gasteiger partial charge on any atom is 0.239 e. The number of nitrogens with one attached hydrogen (secondary N) is 3. The van der Waals surface area contributed by atoms with Gasteiger partial charge in [0.2, 0.25) is 5.91 Å². The predicted molar refractivity (Wildman–Crippen MR) is 145 cm³/mol. The maximum absolute atomic E-state index is 13.2. The van der Waals surface area contributed by atoms with Gasteiger partial charge in [0, 0.05) is 55.7 Å². The molecule has 1 aromatic carbocycles. The van der Waals surface area contributed by atoms with Crippen molar-refractivity contribution in [1.82, 2.24) is 25.4 Å². The van der Waals surface area contributed by atoms with Gasteiger partial charge in [-0.1, -0.05) is 6.07 Å². The Hall–Kier alpha value is -3.04. The molecule has 0 saturated carbocycles. The molecule has 2 saturated heterocycles. The molecule has 3 aromatic rings. The maximum atomic E-state index is 13.2. The third kappa shape index (κ3) is 5.27. The van der Waals surface area contributed by atoms with Crippen molar-refractivity contribution < 1.29 is 13.9 Å². The van der Waals surface area contributed by atoms with Gasteiger partial charge < -0.3 is 15.4 Å². The fourth-order valence-electron chi connectivity index (χ4n) is 6.66. The largest absolute Gasteiger partial charge is 0.381 e. The Morgan fingerprint density at radius 3 is 2.92 bits per heavy atom. The summed E-state index contributed by atoms with van der Waals surface area (Å²) >= 11 is 0. The molecule has 4 heterocycles. The molecule has 2 fully saturated rings. The standard InChI is InChI=1S/C29H37FN6O2/c1-18-10-20-3-4-21(25(20)14-31-18)12-22-16-36(23-6-8-38-9-7-23)17-27(22)33-28(37)15-32-29-24-11-19(13-30)2-5-26(24)34-35-29/h2,5,10-11,14,21-23,27H,3-4,6-9,12-13,15-17H2,1H3,(H,33,37)(H2,32,34,35)/t21?,22-,27?/m0/s1. The summed E-state index contributed by atoms with van der Waals surface area (Å²) in [5, 5.41) is 14.5. The van der Waals surface area contributed by atoms with Gasteiger partial charge in [-0.2, -0.15) is 5.10 Å². The lowest BCUT2D eigenvalue weighted by molar-refractivity contribution is -0.120. The monoisotopic (exact) mass is 520 g/mol. The molecule has 1 amide bonds. The molecule has 1 aliphatic carbocycles. The number of amides is 1. The molecule has 38 heavy (non-hydrogen) atoms. The second-order valence-corrected chi connectivity index (χ2v) is 11.2. The van der Waals surface area contributed by atoms with Gasteiger partial charge in [-0.15, -0.1) is 0 Å². The van der Waals surface area contributed by atoms with E-state index in [4.69, 9.17) is 4.74 Å². The summed E-state index contributed by atoms with van der Waals surface area (Å²) in [7, 11) is 0. The quantitative estimate of drug-likeness (QED) is 0.418. The van der Waals surface area contributed by atoms with Crippen LogP contribution in [0.1, 0.15) is 54.0 Å². The number of fused-ring (bicyclic) bond motifs is 2. The second-order valence-electron chi connectivity index (χ2n) is 11.2. The number of H-pyrrole nitrogens is 1. The van der Waals surface area contributed by atoms with Gasteiger partial charge in [-0.3, -0.25) is 19.8 Å². The average molecular weight is 521 g/mol. The van der Waals surface area contributed by atoms with Crippen LogP contribution in [-0.2, 0) is 22.6 Å². The number of nitrogens with zero attached hydrogens (tertiary/aromatic N) is 3. The van der Waals surface area contributed by atoms with Crippen molar-refractivity contribution in [2.24, 2.45) is 5.92 Å². The Morgan fingerprint density at radius 1 is 1.21 bits per heavy atom. The van der Waals surface area contributed by atoms with Crippen LogP contribution in [0.3, 0.4) is 0 Å². The van der Waals surface area contributed by atoms with Gasteiger partial charge in [0.05, 0.1) is 12.1 Å². The van der Waals surface area contributed by atoms with Crippen molar-refractivity contribution in [3.63, 3.8) is 0 Å². The van der Waals surface area contributed by atoms with Crippen molar-refractivity contribution in [2.75, 3.05) is 38.2 Å². The van der Waals surface area contributed by atoms with E-state index in [-0.39, 0.29) is 18.5 Å². The minimum atomic E-state index is -0.533. The van der Waals surface area contributed by atoms with Crippen LogP contribution < -0.4 is 10.6 Å². The van der Waals surface area contributed by atoms with Crippen molar-refractivity contribution in [2.45, 2.75) is 63.7 Å². The number of carbonyl (C=O) groups excluding carboxylic acids is 1.